The van der Waals surface area contributed by atoms with Gasteiger partial charge in [-0.3, -0.25) is 0 Å². The summed E-state index contributed by atoms with van der Waals surface area (Å²) in [6, 6.07) is 18.8. The summed E-state index contributed by atoms with van der Waals surface area (Å²) in [5, 5.41) is 15.4. The number of para-hydroxylation sites is 2. The van der Waals surface area contributed by atoms with E-state index >= 15 is 0 Å². The van der Waals surface area contributed by atoms with Gasteiger partial charge in [0.25, 0.3) is 0 Å². The van der Waals surface area contributed by atoms with Crippen molar-refractivity contribution in [3.63, 3.8) is 0 Å². The van der Waals surface area contributed by atoms with Crippen molar-refractivity contribution in [2.45, 2.75) is 6.92 Å². The summed E-state index contributed by atoms with van der Waals surface area (Å²) in [5.74, 6) is 2.64. The molecule has 3 aromatic rings. The number of nitrogens with zero attached hydrogens (tertiary/aromatic N) is 3. The molecule has 0 aliphatic rings. The molecule has 6 nitrogen and oxygen atoms in total. The van der Waals surface area contributed by atoms with Gasteiger partial charge < -0.3 is 15.4 Å². The number of ether oxygens (including phenoxy) is 1. The molecule has 2 aromatic carbocycles. The van der Waals surface area contributed by atoms with E-state index in [1.807, 2.05) is 43.3 Å². The predicted octanol–water partition coefficient (Wildman–Crippen LogP) is 4.15. The van der Waals surface area contributed by atoms with Crippen LogP contribution in [0.4, 0.5) is 23.0 Å². The third-order valence-electron chi connectivity index (χ3n) is 3.47. The van der Waals surface area contributed by atoms with Crippen molar-refractivity contribution in [2.75, 3.05) is 17.7 Å². The maximum atomic E-state index is 9.00. The molecule has 0 radical (unpaired) electrons. The van der Waals surface area contributed by atoms with Crippen LogP contribution in [-0.2, 0) is 0 Å². The monoisotopic (exact) mass is 331 g/mol. The van der Waals surface area contributed by atoms with E-state index in [2.05, 4.69) is 26.7 Å². The van der Waals surface area contributed by atoms with Crippen LogP contribution < -0.4 is 15.4 Å². The molecule has 0 bridgehead atoms. The van der Waals surface area contributed by atoms with Gasteiger partial charge in [-0.1, -0.05) is 18.2 Å². The minimum atomic E-state index is 0.586. The van der Waals surface area contributed by atoms with Crippen molar-refractivity contribution in [3.05, 3.63) is 66.0 Å². The maximum absolute atomic E-state index is 9.00. The Kier molecular flexibility index (Phi) is 4.77. The third-order valence-corrected chi connectivity index (χ3v) is 3.47. The summed E-state index contributed by atoms with van der Waals surface area (Å²) in [6.45, 7) is 1.82. The highest BCUT2D eigenvalue weighted by atomic mass is 16.5. The molecule has 0 saturated heterocycles. The van der Waals surface area contributed by atoms with Crippen LogP contribution in [0.1, 0.15) is 11.4 Å². The summed E-state index contributed by atoms with van der Waals surface area (Å²) in [4.78, 5) is 8.80. The van der Waals surface area contributed by atoms with E-state index in [9.17, 15) is 0 Å². The molecule has 0 spiro atoms. The lowest BCUT2D eigenvalue weighted by atomic mass is 10.2. The molecule has 1 heterocycles. The second kappa shape index (κ2) is 7.32. The standard InChI is InChI=1S/C19H17N5O/c1-13-21-18(23-15-7-5-6-14(10-15)12-20)11-19(22-13)24-16-8-3-4-9-17(16)25-2/h3-11H,1-2H3,(H2,21,22,23,24). The number of hydrogen-bond acceptors (Lipinski definition) is 6. The lowest BCUT2D eigenvalue weighted by molar-refractivity contribution is 0.417. The van der Waals surface area contributed by atoms with Crippen molar-refractivity contribution in [1.82, 2.24) is 9.97 Å². The van der Waals surface area contributed by atoms with Crippen LogP contribution in [0.5, 0.6) is 5.75 Å². The van der Waals surface area contributed by atoms with Crippen molar-refractivity contribution in [3.8, 4) is 11.8 Å². The predicted molar refractivity (Wildman–Crippen MR) is 97.5 cm³/mol. The highest BCUT2D eigenvalue weighted by Crippen LogP contribution is 2.27. The maximum Gasteiger partial charge on any atom is 0.142 e. The first-order valence-corrected chi connectivity index (χ1v) is 7.71. The van der Waals surface area contributed by atoms with E-state index < -0.39 is 0 Å². The van der Waals surface area contributed by atoms with Crippen LogP contribution in [0.25, 0.3) is 0 Å². The molecule has 25 heavy (non-hydrogen) atoms. The number of anilines is 4. The van der Waals surface area contributed by atoms with Gasteiger partial charge in [-0.15, -0.1) is 0 Å². The van der Waals surface area contributed by atoms with Gasteiger partial charge in [0, 0.05) is 11.8 Å². The highest BCUT2D eigenvalue weighted by molar-refractivity contribution is 5.67. The lowest BCUT2D eigenvalue weighted by Crippen LogP contribution is -2.02. The van der Waals surface area contributed by atoms with E-state index in [0.717, 1.165) is 17.1 Å². The molecule has 1 aromatic heterocycles. The minimum Gasteiger partial charge on any atom is -0.495 e. The summed E-state index contributed by atoms with van der Waals surface area (Å²) >= 11 is 0. The molecule has 0 aliphatic carbocycles. The Balaban J connectivity index is 1.86. The molecule has 0 unspecified atom stereocenters. The fourth-order valence-electron chi connectivity index (χ4n) is 2.40. The largest absolute Gasteiger partial charge is 0.495 e. The Hall–Kier alpha value is -3.59. The molecule has 0 saturated carbocycles. The molecule has 0 aliphatic heterocycles. The molecular formula is C19H17N5O. The van der Waals surface area contributed by atoms with Crippen LogP contribution in [0.15, 0.2) is 54.6 Å². The van der Waals surface area contributed by atoms with Crippen molar-refractivity contribution >= 4 is 23.0 Å². The summed E-state index contributed by atoms with van der Waals surface area (Å²) < 4.78 is 5.35. The number of nitrogens with one attached hydrogen (secondary N) is 2. The zero-order valence-corrected chi connectivity index (χ0v) is 13.9. The molecular weight excluding hydrogens is 314 g/mol. The van der Waals surface area contributed by atoms with Crippen LogP contribution in [-0.4, -0.2) is 17.1 Å². The fourth-order valence-corrected chi connectivity index (χ4v) is 2.40. The third kappa shape index (κ3) is 4.03. The number of rotatable bonds is 5. The van der Waals surface area contributed by atoms with Gasteiger partial charge in [-0.05, 0) is 37.3 Å². The van der Waals surface area contributed by atoms with Gasteiger partial charge in [-0.25, -0.2) is 9.97 Å². The fraction of sp³-hybridized carbons (Fsp3) is 0.105. The Bertz CT molecular complexity index is 933. The highest BCUT2D eigenvalue weighted by Gasteiger charge is 2.06. The minimum absolute atomic E-state index is 0.586. The number of aromatic nitrogens is 2. The van der Waals surface area contributed by atoms with Crippen molar-refractivity contribution in [1.29, 1.82) is 5.26 Å². The van der Waals surface area contributed by atoms with Gasteiger partial charge in [0.15, 0.2) is 0 Å². The van der Waals surface area contributed by atoms with Gasteiger partial charge >= 0.3 is 0 Å². The number of hydrogen-bond donors (Lipinski definition) is 2. The quantitative estimate of drug-likeness (QED) is 0.730. The van der Waals surface area contributed by atoms with Crippen LogP contribution in [0.2, 0.25) is 0 Å². The normalized spacial score (nSPS) is 9.96. The Morgan fingerprint density at radius 2 is 1.72 bits per heavy atom. The zero-order valence-electron chi connectivity index (χ0n) is 13.9. The topological polar surface area (TPSA) is 82.9 Å². The summed E-state index contributed by atoms with van der Waals surface area (Å²) in [7, 11) is 1.63. The molecule has 2 N–H and O–H groups in total. The lowest BCUT2D eigenvalue weighted by Gasteiger charge is -2.12. The summed E-state index contributed by atoms with van der Waals surface area (Å²) in [5.41, 5.74) is 2.20. The Morgan fingerprint density at radius 3 is 2.48 bits per heavy atom. The van der Waals surface area contributed by atoms with E-state index in [0.29, 0.717) is 23.0 Å². The number of benzene rings is 2. The SMILES string of the molecule is COc1ccccc1Nc1cc(Nc2cccc(C#N)c2)nc(C)n1. The van der Waals surface area contributed by atoms with Crippen molar-refractivity contribution in [2.24, 2.45) is 0 Å². The van der Waals surface area contributed by atoms with Crippen molar-refractivity contribution < 1.29 is 4.74 Å². The zero-order chi connectivity index (χ0) is 17.6. The first-order valence-electron chi connectivity index (χ1n) is 7.71. The van der Waals surface area contributed by atoms with Crippen LogP contribution in [0.3, 0.4) is 0 Å². The average Bonchev–Trinajstić information content (AvgIpc) is 2.62. The molecule has 6 heteroatoms. The Morgan fingerprint density at radius 1 is 0.960 bits per heavy atom. The summed E-state index contributed by atoms with van der Waals surface area (Å²) in [6.07, 6.45) is 0. The first kappa shape index (κ1) is 16.3. The van der Waals surface area contributed by atoms with Crippen LogP contribution >= 0.6 is 0 Å². The van der Waals surface area contributed by atoms with Gasteiger partial charge in [-0.2, -0.15) is 5.26 Å². The second-order valence-electron chi connectivity index (χ2n) is 5.33. The van der Waals surface area contributed by atoms with E-state index in [4.69, 9.17) is 10.00 Å². The van der Waals surface area contributed by atoms with Gasteiger partial charge in [0.1, 0.15) is 23.2 Å². The first-order chi connectivity index (χ1) is 12.2. The molecule has 0 fully saturated rings. The van der Waals surface area contributed by atoms with E-state index in [1.54, 1.807) is 25.3 Å². The van der Waals surface area contributed by atoms with E-state index in [-0.39, 0.29) is 0 Å². The molecule has 0 amide bonds. The molecule has 0 atom stereocenters. The average molecular weight is 331 g/mol. The molecule has 124 valence electrons. The smallest absolute Gasteiger partial charge is 0.142 e. The Labute approximate surface area is 146 Å². The van der Waals surface area contributed by atoms with Gasteiger partial charge in [0.05, 0.1) is 24.4 Å². The second-order valence-corrected chi connectivity index (χ2v) is 5.33. The van der Waals surface area contributed by atoms with Gasteiger partial charge in [0.2, 0.25) is 0 Å². The van der Waals surface area contributed by atoms with E-state index in [1.165, 1.54) is 0 Å². The molecule has 3 rings (SSSR count). The number of nitriles is 1. The number of aryl methyl sites for hydroxylation is 1. The number of methoxy groups -OCH3 is 1. The van der Waals surface area contributed by atoms with Crippen LogP contribution in [0, 0.1) is 18.3 Å².